The van der Waals surface area contributed by atoms with E-state index in [4.69, 9.17) is 0 Å². The van der Waals surface area contributed by atoms with Gasteiger partial charge in [-0.25, -0.2) is 9.37 Å². The summed E-state index contributed by atoms with van der Waals surface area (Å²) in [5.41, 5.74) is -0.0716. The Morgan fingerprint density at radius 3 is 2.83 bits per heavy atom. The topological polar surface area (TPSA) is 33.1 Å². The molecule has 2 aromatic rings. The monoisotopic (exact) mass is 261 g/mol. The predicted octanol–water partition coefficient (Wildman–Crippen LogP) is 2.85. The van der Waals surface area contributed by atoms with E-state index in [1.807, 2.05) is 0 Å². The van der Waals surface area contributed by atoms with E-state index in [-0.39, 0.29) is 5.82 Å². The van der Waals surface area contributed by atoms with E-state index in [0.29, 0.717) is 16.1 Å². The molecule has 18 heavy (non-hydrogen) atoms. The number of hydrogen-bond acceptors (Lipinski definition) is 3. The SMILES string of the molecule is Cc1cc(C#CC(C)(O)c2nccs2)ccc1F. The second kappa shape index (κ2) is 4.89. The smallest absolute Gasteiger partial charge is 0.174 e. The van der Waals surface area contributed by atoms with E-state index >= 15 is 0 Å². The molecule has 0 fully saturated rings. The molecule has 0 radical (unpaired) electrons. The van der Waals surface area contributed by atoms with Crippen LogP contribution in [0.4, 0.5) is 4.39 Å². The average molecular weight is 261 g/mol. The Morgan fingerprint density at radius 1 is 1.44 bits per heavy atom. The Hall–Kier alpha value is -1.70. The van der Waals surface area contributed by atoms with Gasteiger partial charge in [-0.15, -0.1) is 11.3 Å². The molecule has 0 aliphatic heterocycles. The zero-order valence-corrected chi connectivity index (χ0v) is 10.9. The fraction of sp³-hybridized carbons (Fsp3) is 0.214. The highest BCUT2D eigenvalue weighted by Crippen LogP contribution is 2.21. The number of benzene rings is 1. The molecule has 0 saturated carbocycles. The van der Waals surface area contributed by atoms with Crippen LogP contribution in [-0.4, -0.2) is 10.1 Å². The molecule has 1 atom stereocenters. The predicted molar refractivity (Wildman–Crippen MR) is 69.7 cm³/mol. The lowest BCUT2D eigenvalue weighted by atomic mass is 10.1. The quantitative estimate of drug-likeness (QED) is 0.801. The number of nitrogens with zero attached hydrogens (tertiary/aromatic N) is 1. The van der Waals surface area contributed by atoms with Gasteiger partial charge in [0.25, 0.3) is 0 Å². The van der Waals surface area contributed by atoms with Crippen LogP contribution in [0.5, 0.6) is 0 Å². The third kappa shape index (κ3) is 2.76. The van der Waals surface area contributed by atoms with Crippen molar-refractivity contribution in [1.82, 2.24) is 4.98 Å². The third-order valence-electron chi connectivity index (χ3n) is 2.46. The van der Waals surface area contributed by atoms with Crippen LogP contribution >= 0.6 is 11.3 Å². The molecule has 92 valence electrons. The summed E-state index contributed by atoms with van der Waals surface area (Å²) in [6.07, 6.45) is 1.62. The Kier molecular flexibility index (Phi) is 3.46. The molecule has 0 amide bonds. The van der Waals surface area contributed by atoms with Gasteiger partial charge in [0.1, 0.15) is 10.8 Å². The van der Waals surface area contributed by atoms with E-state index in [0.717, 1.165) is 0 Å². The molecule has 1 aromatic heterocycles. The fourth-order valence-electron chi connectivity index (χ4n) is 1.43. The standard InChI is InChI=1S/C14H12FNOS/c1-10-9-11(3-4-12(10)15)5-6-14(2,17)13-16-7-8-18-13/h3-4,7-9,17H,1-2H3. The van der Waals surface area contributed by atoms with Crippen molar-refractivity contribution in [3.8, 4) is 11.8 Å². The summed E-state index contributed by atoms with van der Waals surface area (Å²) in [6.45, 7) is 3.27. The van der Waals surface area contributed by atoms with E-state index in [1.54, 1.807) is 37.6 Å². The Morgan fingerprint density at radius 2 is 2.22 bits per heavy atom. The van der Waals surface area contributed by atoms with Gasteiger partial charge in [0.2, 0.25) is 0 Å². The van der Waals surface area contributed by atoms with Gasteiger partial charge in [-0.1, -0.05) is 11.8 Å². The van der Waals surface area contributed by atoms with Gasteiger partial charge >= 0.3 is 0 Å². The Balaban J connectivity index is 2.29. The molecule has 0 aliphatic carbocycles. The molecule has 0 saturated heterocycles. The van der Waals surface area contributed by atoms with E-state index < -0.39 is 5.60 Å². The Bertz CT molecular complexity index is 608. The minimum absolute atomic E-state index is 0.257. The average Bonchev–Trinajstić information content (AvgIpc) is 2.85. The second-order valence-electron chi connectivity index (χ2n) is 4.12. The maximum absolute atomic E-state index is 13.1. The minimum Gasteiger partial charge on any atom is -0.371 e. The van der Waals surface area contributed by atoms with Crippen molar-refractivity contribution in [3.05, 3.63) is 51.7 Å². The number of aliphatic hydroxyl groups is 1. The fourth-order valence-corrected chi connectivity index (χ4v) is 2.09. The first kappa shape index (κ1) is 12.7. The van der Waals surface area contributed by atoms with Crippen molar-refractivity contribution < 1.29 is 9.50 Å². The van der Waals surface area contributed by atoms with Crippen LogP contribution in [0.1, 0.15) is 23.1 Å². The zero-order chi connectivity index (χ0) is 13.2. The van der Waals surface area contributed by atoms with E-state index in [9.17, 15) is 9.50 Å². The summed E-state index contributed by atoms with van der Waals surface area (Å²) in [4.78, 5) is 4.04. The van der Waals surface area contributed by atoms with Crippen molar-refractivity contribution in [1.29, 1.82) is 0 Å². The van der Waals surface area contributed by atoms with Crippen molar-refractivity contribution in [2.24, 2.45) is 0 Å². The maximum atomic E-state index is 13.1. The summed E-state index contributed by atoms with van der Waals surface area (Å²) in [5, 5.41) is 12.5. The lowest BCUT2D eigenvalue weighted by molar-refractivity contribution is 0.122. The van der Waals surface area contributed by atoms with Crippen LogP contribution in [0.2, 0.25) is 0 Å². The Labute approximate surface area is 109 Å². The third-order valence-corrected chi connectivity index (χ3v) is 3.44. The van der Waals surface area contributed by atoms with Crippen LogP contribution in [0.25, 0.3) is 0 Å². The molecule has 1 heterocycles. The largest absolute Gasteiger partial charge is 0.371 e. The van der Waals surface area contributed by atoms with Crippen LogP contribution in [0.3, 0.4) is 0 Å². The van der Waals surface area contributed by atoms with Crippen molar-refractivity contribution >= 4 is 11.3 Å². The zero-order valence-electron chi connectivity index (χ0n) is 10.1. The van der Waals surface area contributed by atoms with Crippen molar-refractivity contribution in [2.75, 3.05) is 0 Å². The molecule has 0 bridgehead atoms. The second-order valence-corrected chi connectivity index (χ2v) is 5.02. The van der Waals surface area contributed by atoms with Gasteiger partial charge in [-0.3, -0.25) is 0 Å². The number of aromatic nitrogens is 1. The van der Waals surface area contributed by atoms with Crippen molar-refractivity contribution in [2.45, 2.75) is 19.4 Å². The molecule has 1 N–H and O–H groups in total. The highest BCUT2D eigenvalue weighted by atomic mass is 32.1. The summed E-state index contributed by atoms with van der Waals surface area (Å²) in [7, 11) is 0. The summed E-state index contributed by atoms with van der Waals surface area (Å²) in [5.74, 6) is 5.34. The molecule has 0 aliphatic rings. The molecule has 2 nitrogen and oxygen atoms in total. The van der Waals surface area contributed by atoms with E-state index in [2.05, 4.69) is 16.8 Å². The first-order valence-corrected chi connectivity index (χ1v) is 6.29. The molecular formula is C14H12FNOS. The first-order valence-electron chi connectivity index (χ1n) is 5.41. The van der Waals surface area contributed by atoms with Gasteiger partial charge in [0, 0.05) is 17.1 Å². The van der Waals surface area contributed by atoms with Gasteiger partial charge in [0.05, 0.1) is 0 Å². The minimum atomic E-state index is -1.28. The van der Waals surface area contributed by atoms with Gasteiger partial charge in [-0.2, -0.15) is 0 Å². The van der Waals surface area contributed by atoms with Gasteiger partial charge in [0.15, 0.2) is 5.60 Å². The number of hydrogen-bond donors (Lipinski definition) is 1. The molecule has 2 rings (SSSR count). The molecule has 4 heteroatoms. The number of halogens is 1. The van der Waals surface area contributed by atoms with Crippen LogP contribution in [-0.2, 0) is 5.60 Å². The number of thiazole rings is 1. The maximum Gasteiger partial charge on any atom is 0.174 e. The summed E-state index contributed by atoms with van der Waals surface area (Å²) < 4.78 is 13.1. The lowest BCUT2D eigenvalue weighted by Crippen LogP contribution is -2.17. The lowest BCUT2D eigenvalue weighted by Gasteiger charge is -2.11. The highest BCUT2D eigenvalue weighted by molar-refractivity contribution is 7.09. The molecular weight excluding hydrogens is 249 g/mol. The highest BCUT2D eigenvalue weighted by Gasteiger charge is 2.22. The summed E-state index contributed by atoms with van der Waals surface area (Å²) >= 11 is 1.35. The molecule has 1 aromatic carbocycles. The van der Waals surface area contributed by atoms with Crippen molar-refractivity contribution in [3.63, 3.8) is 0 Å². The number of rotatable bonds is 1. The van der Waals surface area contributed by atoms with Crippen LogP contribution in [0.15, 0.2) is 29.8 Å². The summed E-state index contributed by atoms with van der Waals surface area (Å²) in [6, 6.07) is 4.62. The van der Waals surface area contributed by atoms with Gasteiger partial charge in [-0.05, 0) is 37.6 Å². The van der Waals surface area contributed by atoms with E-state index in [1.165, 1.54) is 17.4 Å². The first-order chi connectivity index (χ1) is 8.49. The van der Waals surface area contributed by atoms with Crippen LogP contribution < -0.4 is 0 Å². The van der Waals surface area contributed by atoms with Crippen LogP contribution in [0, 0.1) is 24.6 Å². The normalized spacial score (nSPS) is 13.6. The molecule has 1 unspecified atom stereocenters. The van der Waals surface area contributed by atoms with Gasteiger partial charge < -0.3 is 5.11 Å². The molecule has 0 spiro atoms. The number of aryl methyl sites for hydroxylation is 1.